The normalized spacial score (nSPS) is 20.2. The third-order valence-corrected chi connectivity index (χ3v) is 4.25. The van der Waals surface area contributed by atoms with E-state index >= 15 is 0 Å². The summed E-state index contributed by atoms with van der Waals surface area (Å²) in [5.74, 6) is 1.83. The molecule has 20 heavy (non-hydrogen) atoms. The van der Waals surface area contributed by atoms with Gasteiger partial charge < -0.3 is 20.1 Å². The molecule has 0 spiro atoms. The van der Waals surface area contributed by atoms with E-state index in [1.165, 1.54) is 12.8 Å². The van der Waals surface area contributed by atoms with Gasteiger partial charge in [0.1, 0.15) is 11.5 Å². The van der Waals surface area contributed by atoms with Crippen LogP contribution in [0.15, 0.2) is 18.2 Å². The van der Waals surface area contributed by atoms with E-state index in [2.05, 4.69) is 0 Å². The number of nitrogens with two attached hydrogens (primary N) is 1. The molecule has 3 rings (SSSR count). The number of nitrogens with zero attached hydrogens (tertiary/aromatic N) is 1. The number of hydrogen-bond donors (Lipinski definition) is 1. The van der Waals surface area contributed by atoms with E-state index in [1.807, 2.05) is 0 Å². The van der Waals surface area contributed by atoms with Crippen LogP contribution in [0.4, 0.5) is 0 Å². The van der Waals surface area contributed by atoms with Crippen LogP contribution in [-0.2, 0) is 0 Å². The lowest BCUT2D eigenvalue weighted by atomic mass is 9.85. The molecule has 5 nitrogen and oxygen atoms in total. The maximum atomic E-state index is 12.5. The van der Waals surface area contributed by atoms with Crippen molar-refractivity contribution in [3.8, 4) is 11.5 Å². The minimum Gasteiger partial charge on any atom is -0.497 e. The highest BCUT2D eigenvalue weighted by Gasteiger charge is 2.51. The van der Waals surface area contributed by atoms with Gasteiger partial charge in [-0.2, -0.15) is 0 Å². The summed E-state index contributed by atoms with van der Waals surface area (Å²) in [6.45, 7) is 1.30. The smallest absolute Gasteiger partial charge is 0.254 e. The van der Waals surface area contributed by atoms with Crippen molar-refractivity contribution in [3.63, 3.8) is 0 Å². The number of amides is 1. The van der Waals surface area contributed by atoms with Gasteiger partial charge in [0.2, 0.25) is 0 Å². The van der Waals surface area contributed by atoms with E-state index in [9.17, 15) is 4.79 Å². The zero-order valence-electron chi connectivity index (χ0n) is 11.9. The second kappa shape index (κ2) is 4.66. The van der Waals surface area contributed by atoms with Gasteiger partial charge in [0.15, 0.2) is 0 Å². The molecule has 1 amide bonds. The summed E-state index contributed by atoms with van der Waals surface area (Å²) in [7, 11) is 3.15. The molecule has 0 bridgehead atoms. The summed E-state index contributed by atoms with van der Waals surface area (Å²) in [5, 5.41) is 0. The maximum Gasteiger partial charge on any atom is 0.254 e. The first-order valence-corrected chi connectivity index (χ1v) is 6.87. The maximum absolute atomic E-state index is 12.5. The van der Waals surface area contributed by atoms with Crippen molar-refractivity contribution in [2.45, 2.75) is 18.4 Å². The van der Waals surface area contributed by atoms with Gasteiger partial charge in [-0.25, -0.2) is 0 Å². The minimum atomic E-state index is -0.154. The highest BCUT2D eigenvalue weighted by molar-refractivity contribution is 5.95. The Morgan fingerprint density at radius 3 is 2.20 bits per heavy atom. The largest absolute Gasteiger partial charge is 0.497 e. The fourth-order valence-corrected chi connectivity index (χ4v) is 2.84. The van der Waals surface area contributed by atoms with Crippen molar-refractivity contribution in [2.24, 2.45) is 11.7 Å². The van der Waals surface area contributed by atoms with Gasteiger partial charge in [0.05, 0.1) is 19.8 Å². The Balaban J connectivity index is 1.74. The first-order valence-electron chi connectivity index (χ1n) is 6.87. The SMILES string of the molecule is COc1cc(OC)cc(C(=O)N2CC(N)(C3CC3)C2)c1. The van der Waals surface area contributed by atoms with Crippen molar-refractivity contribution in [2.75, 3.05) is 27.3 Å². The summed E-state index contributed by atoms with van der Waals surface area (Å²) < 4.78 is 10.4. The van der Waals surface area contributed by atoms with Gasteiger partial charge in [0.25, 0.3) is 5.91 Å². The number of likely N-dealkylation sites (tertiary alicyclic amines) is 1. The van der Waals surface area contributed by atoms with Gasteiger partial charge in [0, 0.05) is 24.7 Å². The Kier molecular flexibility index (Phi) is 3.09. The molecular weight excluding hydrogens is 256 g/mol. The van der Waals surface area contributed by atoms with Crippen molar-refractivity contribution in [3.05, 3.63) is 23.8 Å². The van der Waals surface area contributed by atoms with Crippen LogP contribution >= 0.6 is 0 Å². The quantitative estimate of drug-likeness (QED) is 0.899. The molecular formula is C15H20N2O3. The zero-order valence-corrected chi connectivity index (χ0v) is 11.9. The molecule has 1 aliphatic carbocycles. The Morgan fingerprint density at radius 1 is 1.20 bits per heavy atom. The number of rotatable bonds is 4. The number of carbonyl (C=O) groups is 1. The molecule has 0 radical (unpaired) electrons. The predicted octanol–water partition coefficient (Wildman–Crippen LogP) is 1.27. The van der Waals surface area contributed by atoms with E-state index in [4.69, 9.17) is 15.2 Å². The average molecular weight is 276 g/mol. The van der Waals surface area contributed by atoms with Crippen LogP contribution in [0.3, 0.4) is 0 Å². The van der Waals surface area contributed by atoms with Crippen LogP contribution in [0, 0.1) is 5.92 Å². The monoisotopic (exact) mass is 276 g/mol. The number of benzene rings is 1. The predicted molar refractivity (Wildman–Crippen MR) is 75.1 cm³/mol. The first-order chi connectivity index (χ1) is 9.55. The molecule has 0 atom stereocenters. The summed E-state index contributed by atoms with van der Waals surface area (Å²) in [4.78, 5) is 14.3. The lowest BCUT2D eigenvalue weighted by Crippen LogP contribution is -2.69. The van der Waals surface area contributed by atoms with Gasteiger partial charge in [-0.05, 0) is 30.9 Å². The molecule has 1 saturated heterocycles. The highest BCUT2D eigenvalue weighted by atomic mass is 16.5. The van der Waals surface area contributed by atoms with Crippen molar-refractivity contribution >= 4 is 5.91 Å². The summed E-state index contributed by atoms with van der Waals surface area (Å²) >= 11 is 0. The molecule has 2 N–H and O–H groups in total. The van der Waals surface area contributed by atoms with E-state index in [0.29, 0.717) is 36.1 Å². The number of hydrogen-bond acceptors (Lipinski definition) is 4. The van der Waals surface area contributed by atoms with Crippen LogP contribution in [0.1, 0.15) is 23.2 Å². The second-order valence-corrected chi connectivity index (χ2v) is 5.77. The van der Waals surface area contributed by atoms with Gasteiger partial charge in [-0.3, -0.25) is 4.79 Å². The van der Waals surface area contributed by atoms with Crippen LogP contribution in [-0.4, -0.2) is 43.7 Å². The molecule has 2 fully saturated rings. The standard InChI is InChI=1S/C15H20N2O3/c1-19-12-5-10(6-13(7-12)20-2)14(18)17-8-15(16,9-17)11-3-4-11/h5-7,11H,3-4,8-9,16H2,1-2H3. The Hall–Kier alpha value is -1.75. The van der Waals surface area contributed by atoms with E-state index < -0.39 is 0 Å². The van der Waals surface area contributed by atoms with E-state index in [0.717, 1.165) is 0 Å². The topological polar surface area (TPSA) is 64.8 Å². The number of ether oxygens (including phenoxy) is 2. The van der Waals surface area contributed by atoms with Crippen LogP contribution in [0.25, 0.3) is 0 Å². The number of methoxy groups -OCH3 is 2. The molecule has 0 aromatic heterocycles. The molecule has 0 unspecified atom stereocenters. The molecule has 1 saturated carbocycles. The van der Waals surface area contributed by atoms with Crippen LogP contribution in [0.5, 0.6) is 11.5 Å². The van der Waals surface area contributed by atoms with Gasteiger partial charge >= 0.3 is 0 Å². The molecule has 2 aliphatic rings. The molecule has 1 aliphatic heterocycles. The third kappa shape index (κ3) is 2.22. The molecule has 1 aromatic rings. The second-order valence-electron chi connectivity index (χ2n) is 5.77. The van der Waals surface area contributed by atoms with Crippen LogP contribution in [0.2, 0.25) is 0 Å². The van der Waals surface area contributed by atoms with Crippen molar-refractivity contribution in [1.82, 2.24) is 4.90 Å². The summed E-state index contributed by atoms with van der Waals surface area (Å²) in [5.41, 5.74) is 6.71. The molecule has 1 heterocycles. The van der Waals surface area contributed by atoms with Gasteiger partial charge in [-0.15, -0.1) is 0 Å². The lowest BCUT2D eigenvalue weighted by molar-refractivity contribution is 0.0350. The Bertz CT molecular complexity index is 512. The minimum absolute atomic E-state index is 0.0103. The fraction of sp³-hybridized carbons (Fsp3) is 0.533. The molecule has 108 valence electrons. The summed E-state index contributed by atoms with van der Waals surface area (Å²) in [6.07, 6.45) is 2.40. The Labute approximate surface area is 118 Å². The Morgan fingerprint density at radius 2 is 1.75 bits per heavy atom. The van der Waals surface area contributed by atoms with E-state index in [-0.39, 0.29) is 11.4 Å². The zero-order chi connectivity index (χ0) is 14.3. The van der Waals surface area contributed by atoms with Crippen LogP contribution < -0.4 is 15.2 Å². The lowest BCUT2D eigenvalue weighted by Gasteiger charge is -2.48. The molecule has 1 aromatic carbocycles. The van der Waals surface area contributed by atoms with Crippen molar-refractivity contribution < 1.29 is 14.3 Å². The van der Waals surface area contributed by atoms with E-state index in [1.54, 1.807) is 37.3 Å². The number of carbonyl (C=O) groups excluding carboxylic acids is 1. The fourth-order valence-electron chi connectivity index (χ4n) is 2.84. The van der Waals surface area contributed by atoms with Gasteiger partial charge in [-0.1, -0.05) is 0 Å². The highest BCUT2D eigenvalue weighted by Crippen LogP contribution is 2.43. The summed E-state index contributed by atoms with van der Waals surface area (Å²) in [6, 6.07) is 5.22. The first kappa shape index (κ1) is 13.2. The van der Waals surface area contributed by atoms with Crippen molar-refractivity contribution in [1.29, 1.82) is 0 Å². The third-order valence-electron chi connectivity index (χ3n) is 4.25. The average Bonchev–Trinajstić information content (AvgIpc) is 3.27. The molecule has 5 heteroatoms.